The van der Waals surface area contributed by atoms with E-state index in [1.807, 2.05) is 25.1 Å². The monoisotopic (exact) mass is 288 g/mol. The van der Waals surface area contributed by atoms with E-state index in [9.17, 15) is 9.59 Å². The van der Waals surface area contributed by atoms with Gasteiger partial charge in [-0.05, 0) is 48.5 Å². The molecule has 2 N–H and O–H groups in total. The number of benzene rings is 1. The largest absolute Gasteiger partial charge is 0.490 e. The molecular weight excluding hydrogens is 276 g/mol. The van der Waals surface area contributed by atoms with Crippen LogP contribution in [0.25, 0.3) is 6.08 Å². The Morgan fingerprint density at radius 3 is 2.70 bits per heavy atom. The van der Waals surface area contributed by atoms with Gasteiger partial charge in [-0.25, -0.2) is 0 Å². The van der Waals surface area contributed by atoms with Crippen LogP contribution in [0.15, 0.2) is 23.8 Å². The van der Waals surface area contributed by atoms with Gasteiger partial charge in [0, 0.05) is 6.42 Å². The second kappa shape index (κ2) is 4.72. The van der Waals surface area contributed by atoms with Crippen LogP contribution in [0.2, 0.25) is 0 Å². The van der Waals surface area contributed by atoms with Crippen molar-refractivity contribution in [2.45, 2.75) is 19.4 Å². The van der Waals surface area contributed by atoms with E-state index in [1.54, 1.807) is 6.08 Å². The zero-order valence-corrected chi connectivity index (χ0v) is 11.5. The first kappa shape index (κ1) is 12.8. The van der Waals surface area contributed by atoms with Gasteiger partial charge in [0.15, 0.2) is 5.11 Å². The van der Waals surface area contributed by atoms with Crippen LogP contribution in [0, 0.1) is 0 Å². The number of carbonyl (C=O) groups is 2. The molecule has 1 fully saturated rings. The maximum Gasteiger partial charge on any atom is 0.263 e. The number of rotatable bonds is 1. The smallest absolute Gasteiger partial charge is 0.263 e. The molecule has 1 aromatic rings. The van der Waals surface area contributed by atoms with Crippen LogP contribution >= 0.6 is 12.2 Å². The van der Waals surface area contributed by atoms with Crippen molar-refractivity contribution in [3.05, 3.63) is 34.9 Å². The molecule has 0 unspecified atom stereocenters. The first-order valence-electron chi connectivity index (χ1n) is 6.21. The average molecular weight is 288 g/mol. The Balaban J connectivity index is 1.93. The molecule has 0 radical (unpaired) electrons. The fraction of sp³-hybridized carbons (Fsp3) is 0.214. The number of ether oxygens (including phenoxy) is 1. The fourth-order valence-corrected chi connectivity index (χ4v) is 2.49. The highest BCUT2D eigenvalue weighted by Gasteiger charge is 2.26. The minimum absolute atomic E-state index is 0.0355. The summed E-state index contributed by atoms with van der Waals surface area (Å²) in [5, 5.41) is 4.85. The number of hydrogen-bond acceptors (Lipinski definition) is 4. The van der Waals surface area contributed by atoms with E-state index in [4.69, 9.17) is 17.0 Å². The Hall–Kier alpha value is -2.21. The number of thiocarbonyl (C=S) groups is 1. The molecule has 2 amide bonds. The minimum atomic E-state index is -0.483. The van der Waals surface area contributed by atoms with Crippen LogP contribution in [-0.2, 0) is 16.0 Å². The van der Waals surface area contributed by atoms with Crippen LogP contribution in [-0.4, -0.2) is 23.0 Å². The highest BCUT2D eigenvalue weighted by atomic mass is 32.1. The third-order valence-corrected chi connectivity index (χ3v) is 3.38. The Morgan fingerprint density at radius 2 is 2.00 bits per heavy atom. The topological polar surface area (TPSA) is 67.4 Å². The molecule has 0 aromatic heterocycles. The predicted molar refractivity (Wildman–Crippen MR) is 77.1 cm³/mol. The van der Waals surface area contributed by atoms with Gasteiger partial charge >= 0.3 is 0 Å². The van der Waals surface area contributed by atoms with E-state index in [1.165, 1.54) is 0 Å². The zero-order chi connectivity index (χ0) is 14.3. The van der Waals surface area contributed by atoms with Crippen LogP contribution in [0.4, 0.5) is 0 Å². The van der Waals surface area contributed by atoms with Crippen molar-refractivity contribution < 1.29 is 14.3 Å². The maximum atomic E-state index is 11.8. The van der Waals surface area contributed by atoms with Crippen molar-refractivity contribution in [1.29, 1.82) is 0 Å². The third-order valence-electron chi connectivity index (χ3n) is 3.17. The van der Waals surface area contributed by atoms with E-state index in [0.717, 1.165) is 23.3 Å². The molecule has 0 bridgehead atoms. The molecule has 0 spiro atoms. The molecule has 102 valence electrons. The van der Waals surface area contributed by atoms with Gasteiger partial charge in [-0.2, -0.15) is 0 Å². The molecule has 5 nitrogen and oxygen atoms in total. The number of carbonyl (C=O) groups excluding carboxylic acids is 2. The maximum absolute atomic E-state index is 11.8. The van der Waals surface area contributed by atoms with Crippen molar-refractivity contribution in [3.63, 3.8) is 0 Å². The number of fused-ring (bicyclic) bond motifs is 1. The van der Waals surface area contributed by atoms with E-state index >= 15 is 0 Å². The summed E-state index contributed by atoms with van der Waals surface area (Å²) >= 11 is 4.75. The standard InChI is InChI=1S/C14H12N2O3S/c1-7-4-9-5-8(2-3-11(9)19-7)6-10-12(17)15-14(20)16-13(10)18/h2-3,5-7H,4H2,1H3,(H2,15,16,17,18,20)/t7-/m0/s1. The molecular formula is C14H12N2O3S. The van der Waals surface area contributed by atoms with Gasteiger partial charge in [0.1, 0.15) is 17.4 Å². The lowest BCUT2D eigenvalue weighted by Gasteiger charge is -2.16. The molecule has 2 aliphatic rings. The molecule has 1 saturated heterocycles. The highest BCUT2D eigenvalue weighted by molar-refractivity contribution is 7.80. The van der Waals surface area contributed by atoms with Gasteiger partial charge in [-0.15, -0.1) is 0 Å². The summed E-state index contributed by atoms with van der Waals surface area (Å²) in [4.78, 5) is 23.5. The lowest BCUT2D eigenvalue weighted by Crippen LogP contribution is -2.51. The molecule has 0 saturated carbocycles. The van der Waals surface area contributed by atoms with Gasteiger partial charge < -0.3 is 4.74 Å². The van der Waals surface area contributed by atoms with Crippen molar-refractivity contribution in [2.24, 2.45) is 0 Å². The molecule has 1 aromatic carbocycles. The van der Waals surface area contributed by atoms with Crippen molar-refractivity contribution in [1.82, 2.24) is 10.6 Å². The first-order valence-corrected chi connectivity index (χ1v) is 6.61. The fourth-order valence-electron chi connectivity index (χ4n) is 2.30. The van der Waals surface area contributed by atoms with Crippen molar-refractivity contribution in [2.75, 3.05) is 0 Å². The molecule has 20 heavy (non-hydrogen) atoms. The summed E-state index contributed by atoms with van der Waals surface area (Å²) in [6.07, 6.45) is 2.54. The average Bonchev–Trinajstić information content (AvgIpc) is 2.73. The number of hydrogen-bond donors (Lipinski definition) is 2. The summed E-state index contributed by atoms with van der Waals surface area (Å²) in [7, 11) is 0. The molecule has 2 aliphatic heterocycles. The van der Waals surface area contributed by atoms with Crippen molar-refractivity contribution in [3.8, 4) is 5.75 Å². The van der Waals surface area contributed by atoms with Gasteiger partial charge in [0.2, 0.25) is 0 Å². The highest BCUT2D eigenvalue weighted by Crippen LogP contribution is 2.30. The van der Waals surface area contributed by atoms with E-state index in [-0.39, 0.29) is 16.8 Å². The van der Waals surface area contributed by atoms with Crippen LogP contribution in [0.5, 0.6) is 5.75 Å². The Morgan fingerprint density at radius 1 is 1.30 bits per heavy atom. The summed E-state index contributed by atoms with van der Waals surface area (Å²) in [6.45, 7) is 2.00. The second-order valence-corrected chi connectivity index (χ2v) is 5.20. The van der Waals surface area contributed by atoms with Crippen LogP contribution in [0.1, 0.15) is 18.1 Å². The first-order chi connectivity index (χ1) is 9.52. The lowest BCUT2D eigenvalue weighted by atomic mass is 10.0. The molecule has 2 heterocycles. The van der Waals surface area contributed by atoms with Crippen LogP contribution < -0.4 is 15.4 Å². The van der Waals surface area contributed by atoms with Crippen LogP contribution in [0.3, 0.4) is 0 Å². The number of nitrogens with one attached hydrogen (secondary N) is 2. The summed E-state index contributed by atoms with van der Waals surface area (Å²) < 4.78 is 5.61. The minimum Gasteiger partial charge on any atom is -0.490 e. The Bertz CT molecular complexity index is 644. The molecule has 0 aliphatic carbocycles. The predicted octanol–water partition coefficient (Wildman–Crippen LogP) is 0.924. The van der Waals surface area contributed by atoms with E-state index < -0.39 is 11.8 Å². The summed E-state index contributed by atoms with van der Waals surface area (Å²) in [6, 6.07) is 5.60. The van der Waals surface area contributed by atoms with Gasteiger partial charge in [-0.3, -0.25) is 20.2 Å². The number of amides is 2. The third kappa shape index (κ3) is 2.30. The van der Waals surface area contributed by atoms with E-state index in [0.29, 0.717) is 0 Å². The Labute approximate surface area is 121 Å². The van der Waals surface area contributed by atoms with Gasteiger partial charge in [0.25, 0.3) is 11.8 Å². The zero-order valence-electron chi connectivity index (χ0n) is 10.7. The molecule has 1 atom stereocenters. The Kier molecular flexibility index (Phi) is 3.02. The lowest BCUT2D eigenvalue weighted by molar-refractivity contribution is -0.123. The van der Waals surface area contributed by atoms with Gasteiger partial charge in [0.05, 0.1) is 0 Å². The SMILES string of the molecule is C[C@H]1Cc2cc(C=C3C(=O)NC(=S)NC3=O)ccc2O1. The quantitative estimate of drug-likeness (QED) is 0.458. The summed E-state index contributed by atoms with van der Waals surface area (Å²) in [5.74, 6) is -0.105. The normalized spacial score (nSPS) is 20.9. The van der Waals surface area contributed by atoms with Gasteiger partial charge in [-0.1, -0.05) is 6.07 Å². The second-order valence-electron chi connectivity index (χ2n) is 4.80. The molecule has 6 heteroatoms. The molecule has 3 rings (SSSR count). The summed E-state index contributed by atoms with van der Waals surface area (Å²) in [5.41, 5.74) is 1.92. The van der Waals surface area contributed by atoms with E-state index in [2.05, 4.69) is 10.6 Å². The van der Waals surface area contributed by atoms with Crippen molar-refractivity contribution >= 4 is 35.2 Å².